The molecule has 1 saturated heterocycles. The number of piperidine rings is 1. The topological polar surface area (TPSA) is 18.5 Å². The molecule has 112 valence electrons. The Hall–Kier alpha value is -1.06. The fourth-order valence-electron chi connectivity index (χ4n) is 3.07. The molecular weight excluding hydrogens is 246 g/mol. The van der Waals surface area contributed by atoms with Gasteiger partial charge in [0.15, 0.2) is 0 Å². The highest BCUT2D eigenvalue weighted by Crippen LogP contribution is 2.25. The van der Waals surface area contributed by atoms with Gasteiger partial charge in [-0.25, -0.2) is 0 Å². The Morgan fingerprint density at radius 1 is 1.25 bits per heavy atom. The van der Waals surface area contributed by atoms with Gasteiger partial charge in [0.2, 0.25) is 0 Å². The number of nitrogens with zero attached hydrogens (tertiary/aromatic N) is 2. The first-order valence-electron chi connectivity index (χ1n) is 7.83. The van der Waals surface area contributed by atoms with Crippen LogP contribution in [0, 0.1) is 6.92 Å². The van der Waals surface area contributed by atoms with Gasteiger partial charge in [-0.15, -0.1) is 0 Å². The van der Waals surface area contributed by atoms with Crippen LogP contribution >= 0.6 is 0 Å². The van der Waals surface area contributed by atoms with Gasteiger partial charge >= 0.3 is 0 Å². The molecule has 3 nitrogen and oxygen atoms in total. The minimum Gasteiger partial charge on any atom is -0.371 e. The molecular formula is C17H29N3. The van der Waals surface area contributed by atoms with Gasteiger partial charge in [-0.05, 0) is 57.6 Å². The average Bonchev–Trinajstić information content (AvgIpc) is 2.45. The van der Waals surface area contributed by atoms with E-state index in [2.05, 4.69) is 61.3 Å². The lowest BCUT2D eigenvalue weighted by Crippen LogP contribution is -2.42. The lowest BCUT2D eigenvalue weighted by atomic mass is 10.0. The molecule has 3 heteroatoms. The van der Waals surface area contributed by atoms with E-state index in [1.165, 1.54) is 42.7 Å². The summed E-state index contributed by atoms with van der Waals surface area (Å²) in [6.45, 7) is 8.74. The summed E-state index contributed by atoms with van der Waals surface area (Å²) in [6.07, 6.45) is 2.54. The van der Waals surface area contributed by atoms with Crippen molar-refractivity contribution < 1.29 is 0 Å². The highest BCUT2D eigenvalue weighted by Gasteiger charge is 2.21. The molecule has 0 bridgehead atoms. The van der Waals surface area contributed by atoms with Crippen molar-refractivity contribution in [1.82, 2.24) is 10.2 Å². The second-order valence-corrected chi connectivity index (χ2v) is 6.08. The summed E-state index contributed by atoms with van der Waals surface area (Å²) in [5.41, 5.74) is 4.21. The van der Waals surface area contributed by atoms with Gasteiger partial charge in [-0.2, -0.15) is 0 Å². The molecule has 1 aromatic rings. The molecule has 2 rings (SSSR count). The van der Waals surface area contributed by atoms with Crippen LogP contribution in [0.3, 0.4) is 0 Å². The second kappa shape index (κ2) is 7.09. The molecule has 0 spiro atoms. The van der Waals surface area contributed by atoms with Crippen LogP contribution in [0.2, 0.25) is 0 Å². The lowest BCUT2D eigenvalue weighted by Gasteiger charge is -2.37. The zero-order valence-electron chi connectivity index (χ0n) is 13.4. The smallest absolute Gasteiger partial charge is 0.0396 e. The standard InChI is InChI=1S/C17H29N3/c1-5-18-13-15-6-7-17(14(2)12-15)20-10-8-16(9-11-20)19(3)4/h6-7,12,16,18H,5,8-11,13H2,1-4H3. The minimum absolute atomic E-state index is 0.750. The van der Waals surface area contributed by atoms with Crippen molar-refractivity contribution in [1.29, 1.82) is 0 Å². The van der Waals surface area contributed by atoms with Gasteiger partial charge in [-0.3, -0.25) is 0 Å². The summed E-state index contributed by atoms with van der Waals surface area (Å²) in [5, 5.41) is 3.39. The second-order valence-electron chi connectivity index (χ2n) is 6.08. The van der Waals surface area contributed by atoms with E-state index in [-0.39, 0.29) is 0 Å². The molecule has 0 saturated carbocycles. The van der Waals surface area contributed by atoms with Crippen LogP contribution in [0.25, 0.3) is 0 Å². The van der Waals surface area contributed by atoms with Crippen molar-refractivity contribution in [3.05, 3.63) is 29.3 Å². The lowest BCUT2D eigenvalue weighted by molar-refractivity contribution is 0.249. The summed E-state index contributed by atoms with van der Waals surface area (Å²) >= 11 is 0. The Morgan fingerprint density at radius 3 is 2.50 bits per heavy atom. The van der Waals surface area contributed by atoms with Crippen LogP contribution in [0.4, 0.5) is 5.69 Å². The molecule has 0 unspecified atom stereocenters. The monoisotopic (exact) mass is 275 g/mol. The van der Waals surface area contributed by atoms with Gasteiger partial charge < -0.3 is 15.1 Å². The molecule has 0 aromatic heterocycles. The molecule has 1 aromatic carbocycles. The molecule has 1 N–H and O–H groups in total. The third-order valence-corrected chi connectivity index (χ3v) is 4.38. The van der Waals surface area contributed by atoms with E-state index in [4.69, 9.17) is 0 Å². The minimum atomic E-state index is 0.750. The summed E-state index contributed by atoms with van der Waals surface area (Å²) in [7, 11) is 4.39. The molecule has 0 radical (unpaired) electrons. The summed E-state index contributed by atoms with van der Waals surface area (Å²) in [5.74, 6) is 0. The number of anilines is 1. The van der Waals surface area contributed by atoms with E-state index < -0.39 is 0 Å². The third kappa shape index (κ3) is 3.74. The van der Waals surface area contributed by atoms with Crippen molar-refractivity contribution >= 4 is 5.69 Å². The Morgan fingerprint density at radius 2 is 1.95 bits per heavy atom. The summed E-state index contributed by atoms with van der Waals surface area (Å²) in [4.78, 5) is 4.91. The van der Waals surface area contributed by atoms with Gasteiger partial charge in [-0.1, -0.05) is 19.1 Å². The van der Waals surface area contributed by atoms with Crippen molar-refractivity contribution in [2.45, 2.75) is 39.3 Å². The predicted molar refractivity (Wildman–Crippen MR) is 87.5 cm³/mol. The maximum Gasteiger partial charge on any atom is 0.0396 e. The zero-order valence-corrected chi connectivity index (χ0v) is 13.4. The van der Waals surface area contributed by atoms with Crippen LogP contribution in [0.1, 0.15) is 30.9 Å². The predicted octanol–water partition coefficient (Wildman–Crippen LogP) is 2.63. The molecule has 1 fully saturated rings. The average molecular weight is 275 g/mol. The Balaban J connectivity index is 1.99. The molecule has 0 aliphatic carbocycles. The van der Waals surface area contributed by atoms with Crippen LogP contribution in [0.15, 0.2) is 18.2 Å². The van der Waals surface area contributed by atoms with E-state index in [1.54, 1.807) is 0 Å². The van der Waals surface area contributed by atoms with E-state index >= 15 is 0 Å². The van der Waals surface area contributed by atoms with Crippen molar-refractivity contribution in [2.24, 2.45) is 0 Å². The molecule has 1 aliphatic heterocycles. The number of rotatable bonds is 5. The number of hydrogen-bond donors (Lipinski definition) is 1. The summed E-state index contributed by atoms with van der Waals surface area (Å²) in [6, 6.07) is 7.65. The first-order chi connectivity index (χ1) is 9.61. The van der Waals surface area contributed by atoms with E-state index in [9.17, 15) is 0 Å². The molecule has 0 amide bonds. The van der Waals surface area contributed by atoms with Crippen molar-refractivity contribution in [3.8, 4) is 0 Å². The summed E-state index contributed by atoms with van der Waals surface area (Å²) < 4.78 is 0. The first kappa shape index (κ1) is 15.3. The van der Waals surface area contributed by atoms with Crippen LogP contribution in [0.5, 0.6) is 0 Å². The normalized spacial score (nSPS) is 16.9. The molecule has 1 heterocycles. The SMILES string of the molecule is CCNCc1ccc(N2CCC(N(C)C)CC2)c(C)c1. The van der Waals surface area contributed by atoms with Crippen molar-refractivity contribution in [3.63, 3.8) is 0 Å². The highest BCUT2D eigenvalue weighted by atomic mass is 15.2. The number of hydrogen-bond acceptors (Lipinski definition) is 3. The zero-order chi connectivity index (χ0) is 14.5. The Labute approximate surface area is 124 Å². The molecule has 1 aliphatic rings. The maximum absolute atomic E-state index is 3.39. The highest BCUT2D eigenvalue weighted by molar-refractivity contribution is 5.54. The van der Waals surface area contributed by atoms with Gasteiger partial charge in [0, 0.05) is 31.4 Å². The molecule has 0 atom stereocenters. The number of aryl methyl sites for hydroxylation is 1. The van der Waals surface area contributed by atoms with Gasteiger partial charge in [0.05, 0.1) is 0 Å². The largest absolute Gasteiger partial charge is 0.371 e. The maximum atomic E-state index is 3.39. The van der Waals surface area contributed by atoms with E-state index in [0.29, 0.717) is 0 Å². The number of nitrogens with one attached hydrogen (secondary N) is 1. The van der Waals surface area contributed by atoms with E-state index in [0.717, 1.165) is 19.1 Å². The van der Waals surface area contributed by atoms with Crippen molar-refractivity contribution in [2.75, 3.05) is 38.6 Å². The first-order valence-corrected chi connectivity index (χ1v) is 7.83. The fraction of sp³-hybridized carbons (Fsp3) is 0.647. The van der Waals surface area contributed by atoms with Crippen LogP contribution in [-0.2, 0) is 6.54 Å². The van der Waals surface area contributed by atoms with Crippen LogP contribution in [-0.4, -0.2) is 44.7 Å². The Kier molecular flexibility index (Phi) is 5.44. The number of benzene rings is 1. The fourth-order valence-corrected chi connectivity index (χ4v) is 3.07. The molecule has 20 heavy (non-hydrogen) atoms. The quantitative estimate of drug-likeness (QED) is 0.891. The van der Waals surface area contributed by atoms with Gasteiger partial charge in [0.1, 0.15) is 0 Å². The Bertz CT molecular complexity index is 420. The van der Waals surface area contributed by atoms with Gasteiger partial charge in [0.25, 0.3) is 0 Å². The van der Waals surface area contributed by atoms with E-state index in [1.807, 2.05) is 0 Å². The van der Waals surface area contributed by atoms with Crippen LogP contribution < -0.4 is 10.2 Å². The third-order valence-electron chi connectivity index (χ3n) is 4.38.